The molecule has 0 aliphatic heterocycles. The van der Waals surface area contributed by atoms with E-state index in [9.17, 15) is 35.9 Å². The fraction of sp³-hybridized carbons (Fsp3) is 0.640. The molecule has 3 heterocycles. The zero-order valence-corrected chi connectivity index (χ0v) is 23.6. The Morgan fingerprint density at radius 3 is 2.47 bits per heavy atom. The van der Waals surface area contributed by atoms with Crippen molar-refractivity contribution in [3.63, 3.8) is 0 Å². The second kappa shape index (κ2) is 13.1. The lowest BCUT2D eigenvalue weighted by atomic mass is 9.79. The van der Waals surface area contributed by atoms with Gasteiger partial charge in [0.2, 0.25) is 12.3 Å². The lowest BCUT2D eigenvalue weighted by Crippen LogP contribution is -2.49. The van der Waals surface area contributed by atoms with Crippen LogP contribution in [-0.4, -0.2) is 70.2 Å². The number of hydrogen-bond acceptors (Lipinski definition) is 7. The molecular weight excluding hydrogens is 586 g/mol. The van der Waals surface area contributed by atoms with E-state index in [2.05, 4.69) is 43.3 Å². The average molecular weight is 619 g/mol. The number of hydrogen-bond donors (Lipinski definition) is 2. The molecule has 1 unspecified atom stereocenters. The second-order valence-electron chi connectivity index (χ2n) is 11.0. The van der Waals surface area contributed by atoms with E-state index in [4.69, 9.17) is 0 Å². The second-order valence-corrected chi connectivity index (χ2v) is 11.0. The van der Waals surface area contributed by atoms with Crippen molar-refractivity contribution in [1.82, 2.24) is 45.1 Å². The number of rotatable bonds is 11. The molecular formula is C25H32F6N10O2. The summed E-state index contributed by atoms with van der Waals surface area (Å²) in [5.74, 6) is -3.09. The van der Waals surface area contributed by atoms with E-state index in [0.717, 1.165) is 19.0 Å². The number of nitrogens with one attached hydrogen (secondary N) is 2. The van der Waals surface area contributed by atoms with Crippen molar-refractivity contribution in [2.75, 3.05) is 5.32 Å². The molecule has 0 saturated heterocycles. The minimum absolute atomic E-state index is 0.142. The molecule has 2 atom stereocenters. The summed E-state index contributed by atoms with van der Waals surface area (Å²) < 4.78 is 83.3. The Balaban J connectivity index is 1.60. The lowest BCUT2D eigenvalue weighted by molar-refractivity contribution is -0.143. The van der Waals surface area contributed by atoms with Crippen molar-refractivity contribution in [2.24, 2.45) is 11.8 Å². The van der Waals surface area contributed by atoms with Crippen LogP contribution in [0.3, 0.4) is 0 Å². The Labute approximate surface area is 242 Å². The minimum Gasteiger partial charge on any atom is -0.339 e. The first-order valence-corrected chi connectivity index (χ1v) is 13.7. The summed E-state index contributed by atoms with van der Waals surface area (Å²) in [6.07, 6.45) is -3.72. The summed E-state index contributed by atoms with van der Waals surface area (Å²) in [5.41, 5.74) is -0.294. The third-order valence-corrected chi connectivity index (χ3v) is 7.35. The predicted molar refractivity (Wildman–Crippen MR) is 138 cm³/mol. The molecule has 1 aliphatic carbocycles. The number of halogens is 6. The smallest absolute Gasteiger partial charge is 0.339 e. The summed E-state index contributed by atoms with van der Waals surface area (Å²) in [5, 5.41) is 22.6. The van der Waals surface area contributed by atoms with Gasteiger partial charge in [-0.05, 0) is 55.0 Å². The van der Waals surface area contributed by atoms with Crippen LogP contribution in [0.2, 0.25) is 0 Å². The predicted octanol–water partition coefficient (Wildman–Crippen LogP) is 4.16. The summed E-state index contributed by atoms with van der Waals surface area (Å²) in [6.45, 7) is 4.08. The fourth-order valence-corrected chi connectivity index (χ4v) is 5.19. The van der Waals surface area contributed by atoms with E-state index in [1.165, 1.54) is 16.9 Å². The number of tetrazole rings is 1. The van der Waals surface area contributed by atoms with Crippen LogP contribution in [0.4, 0.5) is 32.0 Å². The van der Waals surface area contributed by atoms with Crippen molar-refractivity contribution in [3.8, 4) is 0 Å². The first-order chi connectivity index (χ1) is 20.2. The molecule has 0 aromatic carbocycles. The highest BCUT2D eigenvalue weighted by Crippen LogP contribution is 2.32. The maximum atomic E-state index is 15.0. The molecule has 0 radical (unpaired) electrons. The average Bonchev–Trinajstić information content (AvgIpc) is 3.66. The van der Waals surface area contributed by atoms with Gasteiger partial charge in [-0.25, -0.2) is 13.5 Å². The van der Waals surface area contributed by atoms with E-state index >= 15 is 0 Å². The van der Waals surface area contributed by atoms with Crippen molar-refractivity contribution >= 4 is 17.5 Å². The van der Waals surface area contributed by atoms with Gasteiger partial charge in [0.1, 0.15) is 30.0 Å². The van der Waals surface area contributed by atoms with Crippen LogP contribution in [0, 0.1) is 17.8 Å². The summed E-state index contributed by atoms with van der Waals surface area (Å²) in [4.78, 5) is 26.7. The Hall–Kier alpha value is -3.99. The van der Waals surface area contributed by atoms with Crippen LogP contribution in [0.25, 0.3) is 0 Å². The third kappa shape index (κ3) is 7.90. The van der Waals surface area contributed by atoms with E-state index < -0.39 is 66.9 Å². The molecule has 3 aromatic rings. The van der Waals surface area contributed by atoms with E-state index in [-0.39, 0.29) is 22.3 Å². The molecule has 1 fully saturated rings. The molecule has 0 spiro atoms. The summed E-state index contributed by atoms with van der Waals surface area (Å²) in [6, 6.07) is -1.41. The largest absolute Gasteiger partial charge is 0.408 e. The number of anilines is 1. The monoisotopic (exact) mass is 618 g/mol. The van der Waals surface area contributed by atoms with Crippen LogP contribution in [-0.2, 0) is 11.3 Å². The Kier molecular flexibility index (Phi) is 9.74. The molecule has 236 valence electrons. The van der Waals surface area contributed by atoms with Gasteiger partial charge in [0, 0.05) is 18.7 Å². The highest BCUT2D eigenvalue weighted by Gasteiger charge is 2.36. The molecule has 1 saturated carbocycles. The highest BCUT2D eigenvalue weighted by atomic mass is 19.4. The maximum absolute atomic E-state index is 15.0. The van der Waals surface area contributed by atoms with E-state index in [1.54, 1.807) is 0 Å². The molecule has 18 heteroatoms. The highest BCUT2D eigenvalue weighted by molar-refractivity contribution is 6.00. The number of carbonyl (C=O) groups excluding carboxylic acids is 2. The topological polar surface area (TPSA) is 137 Å². The molecule has 4 rings (SSSR count). The van der Waals surface area contributed by atoms with Gasteiger partial charge >= 0.3 is 6.18 Å². The Morgan fingerprint density at radius 1 is 1.14 bits per heavy atom. The van der Waals surface area contributed by atoms with Crippen molar-refractivity contribution in [3.05, 3.63) is 35.9 Å². The Bertz CT molecular complexity index is 1390. The molecule has 12 nitrogen and oxygen atoms in total. The van der Waals surface area contributed by atoms with Crippen molar-refractivity contribution in [1.29, 1.82) is 0 Å². The SMILES string of the molecule is CC1CCC([C@H](NC(=O)c2ccnn2C(C)C)C(=O)Nc2cn(C(CC(F)F)c3nnnn3CC(F)(F)F)nc2F)CC1. The van der Waals surface area contributed by atoms with E-state index in [0.29, 0.717) is 23.4 Å². The van der Waals surface area contributed by atoms with Gasteiger partial charge in [-0.1, -0.05) is 19.8 Å². The van der Waals surface area contributed by atoms with Crippen LogP contribution >= 0.6 is 0 Å². The first-order valence-electron chi connectivity index (χ1n) is 13.7. The van der Waals surface area contributed by atoms with Gasteiger partial charge in [0.05, 0.1) is 6.20 Å². The van der Waals surface area contributed by atoms with Crippen LogP contribution < -0.4 is 10.6 Å². The summed E-state index contributed by atoms with van der Waals surface area (Å²) in [7, 11) is 0. The first kappa shape index (κ1) is 31.9. The van der Waals surface area contributed by atoms with Gasteiger partial charge in [-0.2, -0.15) is 22.7 Å². The van der Waals surface area contributed by atoms with Gasteiger partial charge in [0.15, 0.2) is 5.82 Å². The number of amides is 2. The number of aromatic nitrogens is 8. The summed E-state index contributed by atoms with van der Waals surface area (Å²) >= 11 is 0. The number of carbonyl (C=O) groups is 2. The van der Waals surface area contributed by atoms with Gasteiger partial charge in [0.25, 0.3) is 11.9 Å². The zero-order valence-electron chi connectivity index (χ0n) is 23.6. The van der Waals surface area contributed by atoms with Crippen LogP contribution in [0.5, 0.6) is 0 Å². The number of nitrogens with zero attached hydrogens (tertiary/aromatic N) is 8. The molecule has 43 heavy (non-hydrogen) atoms. The normalized spacial score (nSPS) is 19.0. The fourth-order valence-electron chi connectivity index (χ4n) is 5.19. The molecule has 0 bridgehead atoms. The molecule has 3 aromatic heterocycles. The Morgan fingerprint density at radius 2 is 1.84 bits per heavy atom. The molecule has 1 aliphatic rings. The van der Waals surface area contributed by atoms with Gasteiger partial charge < -0.3 is 10.6 Å². The van der Waals surface area contributed by atoms with Crippen molar-refractivity contribution in [2.45, 2.75) is 90.1 Å². The molecule has 2 amide bonds. The van der Waals surface area contributed by atoms with Crippen LogP contribution in [0.15, 0.2) is 18.5 Å². The number of alkyl halides is 5. The quantitative estimate of drug-likeness (QED) is 0.308. The van der Waals surface area contributed by atoms with E-state index in [1.807, 2.05) is 13.8 Å². The maximum Gasteiger partial charge on any atom is 0.408 e. The third-order valence-electron chi connectivity index (χ3n) is 7.35. The van der Waals surface area contributed by atoms with Crippen LogP contribution in [0.1, 0.15) is 81.3 Å². The van der Waals surface area contributed by atoms with Gasteiger partial charge in [-0.15, -0.1) is 10.2 Å². The lowest BCUT2D eigenvalue weighted by Gasteiger charge is -2.32. The zero-order chi connectivity index (χ0) is 31.5. The minimum atomic E-state index is -4.77. The molecule has 2 N–H and O–H groups in total. The standard InChI is InChI=1S/C25H32F6N10O2/c1-13(2)41-17(8-9-32-41)23(42)34-20(15-6-4-14(3)5-7-15)24(43)33-16-11-39(36-21(16)28)18(10-19(26)27)22-35-37-38-40(22)12-25(29,30)31/h8-9,11,13-15,18-20H,4-7,10,12H2,1-3H3,(H,33,43)(H,34,42)/t14?,15?,18?,20-/m0/s1. The van der Waals surface area contributed by atoms with Gasteiger partial charge in [-0.3, -0.25) is 19.0 Å². The van der Waals surface area contributed by atoms with Crippen molar-refractivity contribution < 1.29 is 35.9 Å².